The van der Waals surface area contributed by atoms with E-state index < -0.39 is 0 Å². The van der Waals surface area contributed by atoms with Crippen LogP contribution in [0.3, 0.4) is 0 Å². The lowest BCUT2D eigenvalue weighted by Gasteiger charge is -2.13. The number of H-pyrrole nitrogens is 1. The second-order valence-corrected chi connectivity index (χ2v) is 5.87. The molecule has 0 fully saturated rings. The van der Waals surface area contributed by atoms with Crippen molar-refractivity contribution in [1.29, 1.82) is 0 Å². The van der Waals surface area contributed by atoms with Crippen molar-refractivity contribution in [2.24, 2.45) is 0 Å². The molecule has 0 unspecified atom stereocenters. The number of nitrogens with one attached hydrogen (secondary N) is 2. The van der Waals surface area contributed by atoms with Gasteiger partial charge in [0, 0.05) is 18.2 Å². The zero-order valence-corrected chi connectivity index (χ0v) is 14.5. The van der Waals surface area contributed by atoms with Gasteiger partial charge in [-0.25, -0.2) is 4.98 Å². The van der Waals surface area contributed by atoms with Crippen molar-refractivity contribution in [3.05, 3.63) is 33.6 Å². The van der Waals surface area contributed by atoms with Gasteiger partial charge in [-0.2, -0.15) is 0 Å². The van der Waals surface area contributed by atoms with Crippen molar-refractivity contribution < 1.29 is 14.3 Å². The maximum Gasteiger partial charge on any atom is 0.253 e. The molecule has 1 aromatic carbocycles. The number of amides is 1. The van der Waals surface area contributed by atoms with Crippen LogP contribution in [0.5, 0.6) is 11.5 Å². The van der Waals surface area contributed by atoms with Gasteiger partial charge in [0.1, 0.15) is 17.3 Å². The predicted molar refractivity (Wildman–Crippen MR) is 93.2 cm³/mol. The molecule has 128 valence electrons. The number of carbonyl (C=O) groups is 1. The van der Waals surface area contributed by atoms with E-state index in [4.69, 9.17) is 26.8 Å². The maximum atomic E-state index is 12.1. The number of halogens is 1. The molecule has 2 aromatic rings. The van der Waals surface area contributed by atoms with Crippen LogP contribution in [0, 0.1) is 0 Å². The summed E-state index contributed by atoms with van der Waals surface area (Å²) in [7, 11) is 2.93. The van der Waals surface area contributed by atoms with Gasteiger partial charge in [-0.15, -0.1) is 0 Å². The highest BCUT2D eigenvalue weighted by atomic mass is 35.5. The Bertz CT molecular complexity index is 812. The van der Waals surface area contributed by atoms with Gasteiger partial charge in [0.05, 0.1) is 30.7 Å². The number of ether oxygens (including phenoxy) is 2. The molecular weight excluding hydrogens is 356 g/mol. The summed E-state index contributed by atoms with van der Waals surface area (Å²) in [4.78, 5) is 29.8. The van der Waals surface area contributed by atoms with Crippen molar-refractivity contribution in [3.63, 3.8) is 0 Å². The fraction of sp³-hybridized carbons (Fsp3) is 0.214. The number of hydrogen-bond acceptors (Lipinski definition) is 7. The summed E-state index contributed by atoms with van der Waals surface area (Å²) in [5.41, 5.74) is 5.52. The highest BCUT2D eigenvalue weighted by Gasteiger charge is 2.13. The molecule has 0 bridgehead atoms. The van der Waals surface area contributed by atoms with E-state index in [1.165, 1.54) is 14.2 Å². The van der Waals surface area contributed by atoms with Crippen LogP contribution in [0.2, 0.25) is 5.02 Å². The van der Waals surface area contributed by atoms with Gasteiger partial charge in [0.2, 0.25) is 5.91 Å². The molecular formula is C14H15ClN4O4S. The molecule has 0 aliphatic rings. The van der Waals surface area contributed by atoms with Gasteiger partial charge in [-0.1, -0.05) is 23.4 Å². The number of rotatable bonds is 6. The van der Waals surface area contributed by atoms with Crippen LogP contribution in [0.15, 0.2) is 28.2 Å². The SMILES string of the molecule is COc1cc(NC(=O)CSc2nc(N)cc(=O)[nH]2)c(OC)cc1Cl. The normalized spacial score (nSPS) is 10.3. The Morgan fingerprint density at radius 2 is 2.04 bits per heavy atom. The summed E-state index contributed by atoms with van der Waals surface area (Å²) in [5.74, 6) is 0.580. The zero-order valence-electron chi connectivity index (χ0n) is 12.9. The molecule has 0 aliphatic carbocycles. The molecule has 0 atom stereocenters. The number of nitrogens with two attached hydrogens (primary N) is 1. The van der Waals surface area contributed by atoms with Gasteiger partial charge < -0.3 is 25.5 Å². The molecule has 2 rings (SSSR count). The summed E-state index contributed by atoms with van der Waals surface area (Å²) < 4.78 is 10.3. The molecule has 0 saturated heterocycles. The van der Waals surface area contributed by atoms with Crippen molar-refractivity contribution in [3.8, 4) is 11.5 Å². The molecule has 1 aromatic heterocycles. The van der Waals surface area contributed by atoms with E-state index in [2.05, 4.69) is 15.3 Å². The number of aromatic nitrogens is 2. The van der Waals surface area contributed by atoms with Gasteiger partial charge >= 0.3 is 0 Å². The number of methoxy groups -OCH3 is 2. The lowest BCUT2D eigenvalue weighted by Crippen LogP contribution is -2.16. The van der Waals surface area contributed by atoms with E-state index >= 15 is 0 Å². The van der Waals surface area contributed by atoms with Crippen LogP contribution in [0.1, 0.15) is 0 Å². The maximum absolute atomic E-state index is 12.1. The summed E-state index contributed by atoms with van der Waals surface area (Å²) in [6.45, 7) is 0. The molecule has 0 aliphatic heterocycles. The Morgan fingerprint density at radius 3 is 2.67 bits per heavy atom. The van der Waals surface area contributed by atoms with E-state index in [-0.39, 0.29) is 28.2 Å². The van der Waals surface area contributed by atoms with E-state index in [1.807, 2.05) is 0 Å². The summed E-state index contributed by atoms with van der Waals surface area (Å²) in [6, 6.07) is 4.26. The Morgan fingerprint density at radius 1 is 1.33 bits per heavy atom. The van der Waals surface area contributed by atoms with E-state index in [0.29, 0.717) is 22.2 Å². The first-order valence-electron chi connectivity index (χ1n) is 6.64. The van der Waals surface area contributed by atoms with Crippen molar-refractivity contribution in [1.82, 2.24) is 9.97 Å². The molecule has 0 spiro atoms. The molecule has 1 amide bonds. The Balaban J connectivity index is 2.08. The number of nitrogen functional groups attached to an aromatic ring is 1. The van der Waals surface area contributed by atoms with E-state index in [1.54, 1.807) is 12.1 Å². The van der Waals surface area contributed by atoms with Crippen LogP contribution in [-0.2, 0) is 4.79 Å². The molecule has 4 N–H and O–H groups in total. The average Bonchev–Trinajstić information content (AvgIpc) is 2.53. The molecule has 0 radical (unpaired) electrons. The van der Waals surface area contributed by atoms with Crippen LogP contribution in [0.4, 0.5) is 11.5 Å². The van der Waals surface area contributed by atoms with Crippen LogP contribution >= 0.6 is 23.4 Å². The first-order valence-corrected chi connectivity index (χ1v) is 8.00. The number of hydrogen-bond donors (Lipinski definition) is 3. The van der Waals surface area contributed by atoms with Gasteiger partial charge in [-0.3, -0.25) is 9.59 Å². The second kappa shape index (κ2) is 7.93. The lowest BCUT2D eigenvalue weighted by atomic mass is 10.2. The smallest absolute Gasteiger partial charge is 0.253 e. The van der Waals surface area contributed by atoms with E-state index in [9.17, 15) is 9.59 Å². The van der Waals surface area contributed by atoms with Gasteiger partial charge in [0.25, 0.3) is 5.56 Å². The Labute approximate surface area is 146 Å². The lowest BCUT2D eigenvalue weighted by molar-refractivity contribution is -0.113. The Kier molecular flexibility index (Phi) is 5.93. The average molecular weight is 371 g/mol. The van der Waals surface area contributed by atoms with Crippen molar-refractivity contribution in [2.45, 2.75) is 5.16 Å². The number of carbonyl (C=O) groups excluding carboxylic acids is 1. The Hall–Kier alpha value is -2.39. The van der Waals surface area contributed by atoms with Crippen LogP contribution < -0.4 is 26.1 Å². The van der Waals surface area contributed by atoms with Gasteiger partial charge in [0.15, 0.2) is 5.16 Å². The number of aromatic amines is 1. The topological polar surface area (TPSA) is 119 Å². The summed E-state index contributed by atoms with van der Waals surface area (Å²) in [6.07, 6.45) is 0. The van der Waals surface area contributed by atoms with E-state index in [0.717, 1.165) is 17.8 Å². The molecule has 1 heterocycles. The standard InChI is InChI=1S/C14H15ClN4O4S/c1-22-9-4-8(10(23-2)3-7(9)15)17-13(21)6-24-14-18-11(16)5-12(20)19-14/h3-5H,6H2,1-2H3,(H,17,21)(H3,16,18,19,20). The quantitative estimate of drug-likeness (QED) is 0.523. The highest BCUT2D eigenvalue weighted by molar-refractivity contribution is 7.99. The molecule has 10 heteroatoms. The van der Waals surface area contributed by atoms with Crippen LogP contribution in [0.25, 0.3) is 0 Å². The molecule has 24 heavy (non-hydrogen) atoms. The third-order valence-electron chi connectivity index (χ3n) is 2.83. The fourth-order valence-electron chi connectivity index (χ4n) is 1.80. The largest absolute Gasteiger partial charge is 0.495 e. The molecule has 0 saturated carbocycles. The third-order valence-corrected chi connectivity index (χ3v) is 4.00. The summed E-state index contributed by atoms with van der Waals surface area (Å²) >= 11 is 7.06. The number of nitrogens with zero attached hydrogens (tertiary/aromatic N) is 1. The molecule has 8 nitrogen and oxygen atoms in total. The van der Waals surface area contributed by atoms with Gasteiger partial charge in [-0.05, 0) is 0 Å². The minimum atomic E-state index is -0.380. The van der Waals surface area contributed by atoms with Crippen LogP contribution in [-0.4, -0.2) is 35.8 Å². The fourth-order valence-corrected chi connectivity index (χ4v) is 2.71. The zero-order chi connectivity index (χ0) is 17.7. The second-order valence-electron chi connectivity index (χ2n) is 4.50. The highest BCUT2D eigenvalue weighted by Crippen LogP contribution is 2.35. The minimum absolute atomic E-state index is 0.0144. The minimum Gasteiger partial charge on any atom is -0.495 e. The van der Waals surface area contributed by atoms with Crippen molar-refractivity contribution in [2.75, 3.05) is 31.0 Å². The number of benzene rings is 1. The first-order chi connectivity index (χ1) is 11.4. The predicted octanol–water partition coefficient (Wildman–Crippen LogP) is 1.75. The number of anilines is 2. The first kappa shape index (κ1) is 18.0. The monoisotopic (exact) mass is 370 g/mol. The third kappa shape index (κ3) is 4.56. The summed E-state index contributed by atoms with van der Waals surface area (Å²) in [5, 5.41) is 3.31. The van der Waals surface area contributed by atoms with Crippen molar-refractivity contribution >= 4 is 40.8 Å². The number of thioether (sulfide) groups is 1.